The van der Waals surface area contributed by atoms with Gasteiger partial charge in [-0.05, 0) is 37.0 Å². The summed E-state index contributed by atoms with van der Waals surface area (Å²) in [6, 6.07) is 18.9. The summed E-state index contributed by atoms with van der Waals surface area (Å²) in [6.45, 7) is 2.94. The highest BCUT2D eigenvalue weighted by Gasteiger charge is 2.27. The number of benzene rings is 2. The highest BCUT2D eigenvalue weighted by molar-refractivity contribution is 14.1. The lowest BCUT2D eigenvalue weighted by molar-refractivity contribution is -0.0169. The Morgan fingerprint density at radius 2 is 1.71 bits per heavy atom. The van der Waals surface area contributed by atoms with Crippen molar-refractivity contribution >= 4 is 38.5 Å². The molecule has 0 fully saturated rings. The first-order valence-electron chi connectivity index (χ1n) is 7.14. The van der Waals surface area contributed by atoms with Gasteiger partial charge in [-0.15, -0.1) is 0 Å². The number of alkyl halides is 1. The van der Waals surface area contributed by atoms with Gasteiger partial charge in [-0.3, -0.25) is 0 Å². The van der Waals surface area contributed by atoms with Crippen molar-refractivity contribution in [3.05, 3.63) is 70.2 Å². The molecule has 0 bridgehead atoms. The van der Waals surface area contributed by atoms with Gasteiger partial charge in [0.05, 0.1) is 0 Å². The van der Waals surface area contributed by atoms with Crippen LogP contribution in [-0.4, -0.2) is 11.0 Å². The monoisotopic (exact) mass is 458 g/mol. The van der Waals surface area contributed by atoms with E-state index in [0.29, 0.717) is 0 Å². The largest absolute Gasteiger partial charge is 0.370 e. The van der Waals surface area contributed by atoms with E-state index in [4.69, 9.17) is 4.74 Å². The quantitative estimate of drug-likeness (QED) is 0.291. The van der Waals surface area contributed by atoms with E-state index >= 15 is 0 Å². The van der Waals surface area contributed by atoms with Crippen LogP contribution in [0.1, 0.15) is 24.5 Å². The topological polar surface area (TPSA) is 9.23 Å². The minimum atomic E-state index is -0.239. The van der Waals surface area contributed by atoms with E-state index in [9.17, 15) is 0 Å². The van der Waals surface area contributed by atoms with Crippen LogP contribution in [0.15, 0.2) is 59.1 Å². The van der Waals surface area contributed by atoms with E-state index in [-0.39, 0.29) is 5.60 Å². The molecule has 0 spiro atoms. The Balaban J connectivity index is 1.92. The molecule has 21 heavy (non-hydrogen) atoms. The van der Waals surface area contributed by atoms with Crippen LogP contribution in [0, 0.1) is 0 Å². The SMILES string of the molecule is CC(CI)(OCCCc1ccccc1)c1ccccc1Br. The van der Waals surface area contributed by atoms with Gasteiger partial charge in [0.15, 0.2) is 0 Å². The summed E-state index contributed by atoms with van der Waals surface area (Å²) < 4.78 is 8.28. The van der Waals surface area contributed by atoms with Gasteiger partial charge in [0.2, 0.25) is 0 Å². The normalized spacial score (nSPS) is 13.9. The first kappa shape index (κ1) is 17.0. The summed E-state index contributed by atoms with van der Waals surface area (Å²) >= 11 is 6.04. The van der Waals surface area contributed by atoms with Gasteiger partial charge in [0.1, 0.15) is 5.60 Å². The molecule has 2 rings (SSSR count). The number of halogens is 2. The molecule has 1 unspecified atom stereocenters. The predicted octanol–water partition coefficient (Wildman–Crippen LogP) is 5.75. The zero-order valence-electron chi connectivity index (χ0n) is 12.2. The van der Waals surface area contributed by atoms with E-state index in [1.165, 1.54) is 11.1 Å². The minimum absolute atomic E-state index is 0.239. The first-order chi connectivity index (χ1) is 10.2. The molecule has 0 aliphatic rings. The van der Waals surface area contributed by atoms with Crippen LogP contribution < -0.4 is 0 Å². The molecule has 0 heterocycles. The molecule has 0 aliphatic carbocycles. The molecule has 0 amide bonds. The number of aryl methyl sites for hydroxylation is 1. The third-order valence-electron chi connectivity index (χ3n) is 3.57. The molecule has 0 radical (unpaired) electrons. The number of hydrogen-bond donors (Lipinski definition) is 0. The van der Waals surface area contributed by atoms with Crippen molar-refractivity contribution in [2.75, 3.05) is 11.0 Å². The van der Waals surface area contributed by atoms with Crippen LogP contribution in [0.2, 0.25) is 0 Å². The maximum absolute atomic E-state index is 6.23. The molecular weight excluding hydrogens is 439 g/mol. The van der Waals surface area contributed by atoms with Gasteiger partial charge in [-0.1, -0.05) is 87.1 Å². The molecule has 112 valence electrons. The molecule has 0 N–H and O–H groups in total. The van der Waals surface area contributed by atoms with Crippen LogP contribution >= 0.6 is 38.5 Å². The summed E-state index contributed by atoms with van der Waals surface area (Å²) in [4.78, 5) is 0. The van der Waals surface area contributed by atoms with Gasteiger partial charge in [-0.25, -0.2) is 0 Å². The second-order valence-electron chi connectivity index (χ2n) is 5.28. The van der Waals surface area contributed by atoms with E-state index in [0.717, 1.165) is 28.3 Å². The second-order valence-corrected chi connectivity index (χ2v) is 6.90. The maximum atomic E-state index is 6.23. The minimum Gasteiger partial charge on any atom is -0.370 e. The fourth-order valence-corrected chi connectivity index (χ4v) is 3.63. The van der Waals surface area contributed by atoms with Gasteiger partial charge < -0.3 is 4.74 Å². The number of hydrogen-bond acceptors (Lipinski definition) is 1. The molecule has 2 aromatic carbocycles. The molecule has 0 saturated carbocycles. The van der Waals surface area contributed by atoms with Crippen molar-refractivity contribution in [2.45, 2.75) is 25.4 Å². The summed E-state index contributed by atoms with van der Waals surface area (Å²) in [5.74, 6) is 0. The lowest BCUT2D eigenvalue weighted by Gasteiger charge is -2.29. The Morgan fingerprint density at radius 3 is 2.38 bits per heavy atom. The van der Waals surface area contributed by atoms with Crippen molar-refractivity contribution in [3.63, 3.8) is 0 Å². The van der Waals surface area contributed by atoms with Crippen LogP contribution in [0.3, 0.4) is 0 Å². The molecule has 1 nitrogen and oxygen atoms in total. The van der Waals surface area contributed by atoms with E-state index in [2.05, 4.69) is 94.0 Å². The molecule has 0 aliphatic heterocycles. The van der Waals surface area contributed by atoms with E-state index < -0.39 is 0 Å². The lowest BCUT2D eigenvalue weighted by atomic mass is 9.98. The number of rotatable bonds is 7. The summed E-state index contributed by atoms with van der Waals surface area (Å²) in [7, 11) is 0. The summed E-state index contributed by atoms with van der Waals surface area (Å²) in [5.41, 5.74) is 2.36. The average Bonchev–Trinajstić information content (AvgIpc) is 2.53. The molecular formula is C18H20BrIO. The standard InChI is InChI=1S/C18H20BrIO/c1-18(14-20,16-11-5-6-12-17(16)19)21-13-7-10-15-8-3-2-4-9-15/h2-6,8-9,11-12H,7,10,13-14H2,1H3. The van der Waals surface area contributed by atoms with Gasteiger partial charge in [0, 0.05) is 15.5 Å². The van der Waals surface area contributed by atoms with Crippen molar-refractivity contribution in [3.8, 4) is 0 Å². The van der Waals surface area contributed by atoms with Crippen LogP contribution in [0.4, 0.5) is 0 Å². The Labute approximate surface area is 149 Å². The van der Waals surface area contributed by atoms with Crippen LogP contribution in [0.25, 0.3) is 0 Å². The Bertz CT molecular complexity index is 558. The zero-order valence-corrected chi connectivity index (χ0v) is 15.9. The second kappa shape index (κ2) is 8.30. The van der Waals surface area contributed by atoms with Crippen molar-refractivity contribution in [1.82, 2.24) is 0 Å². The van der Waals surface area contributed by atoms with Crippen LogP contribution in [0.5, 0.6) is 0 Å². The summed E-state index contributed by atoms with van der Waals surface area (Å²) in [6.07, 6.45) is 2.11. The molecule has 1 atom stereocenters. The van der Waals surface area contributed by atoms with Gasteiger partial charge >= 0.3 is 0 Å². The molecule has 0 saturated heterocycles. The molecule has 2 aromatic rings. The van der Waals surface area contributed by atoms with Gasteiger partial charge in [-0.2, -0.15) is 0 Å². The highest BCUT2D eigenvalue weighted by atomic mass is 127. The maximum Gasteiger partial charge on any atom is 0.100 e. The molecule has 0 aromatic heterocycles. The van der Waals surface area contributed by atoms with Crippen LogP contribution in [-0.2, 0) is 16.8 Å². The highest BCUT2D eigenvalue weighted by Crippen LogP contribution is 2.33. The fourth-order valence-electron chi connectivity index (χ4n) is 2.30. The van der Waals surface area contributed by atoms with Crippen molar-refractivity contribution in [2.24, 2.45) is 0 Å². The average molecular weight is 459 g/mol. The smallest absolute Gasteiger partial charge is 0.100 e. The van der Waals surface area contributed by atoms with E-state index in [1.807, 2.05) is 6.07 Å². The third-order valence-corrected chi connectivity index (χ3v) is 5.72. The number of ether oxygens (including phenoxy) is 1. The fraction of sp³-hybridized carbons (Fsp3) is 0.333. The Morgan fingerprint density at radius 1 is 1.05 bits per heavy atom. The summed E-state index contributed by atoms with van der Waals surface area (Å²) in [5, 5.41) is 0. The predicted molar refractivity (Wildman–Crippen MR) is 101 cm³/mol. The Kier molecular flexibility index (Phi) is 6.71. The molecule has 3 heteroatoms. The lowest BCUT2D eigenvalue weighted by Crippen LogP contribution is -2.29. The van der Waals surface area contributed by atoms with E-state index in [1.54, 1.807) is 0 Å². The third kappa shape index (κ3) is 4.80. The first-order valence-corrected chi connectivity index (χ1v) is 9.46. The Hall–Kier alpha value is -0.390. The zero-order chi connectivity index (χ0) is 15.1. The van der Waals surface area contributed by atoms with Crippen molar-refractivity contribution < 1.29 is 4.74 Å². The van der Waals surface area contributed by atoms with Crippen molar-refractivity contribution in [1.29, 1.82) is 0 Å². The van der Waals surface area contributed by atoms with Gasteiger partial charge in [0.25, 0.3) is 0 Å².